The van der Waals surface area contributed by atoms with Crippen molar-refractivity contribution in [2.75, 3.05) is 0 Å². The first-order valence-electron chi connectivity index (χ1n) is 4.32. The molecule has 1 atom stereocenters. The van der Waals surface area contributed by atoms with Crippen LogP contribution in [0.15, 0.2) is 0 Å². The van der Waals surface area contributed by atoms with Gasteiger partial charge in [0.05, 0.1) is 0 Å². The first-order valence-corrected chi connectivity index (χ1v) is 5.51. The van der Waals surface area contributed by atoms with E-state index in [0.29, 0.717) is 6.42 Å². The van der Waals surface area contributed by atoms with Gasteiger partial charge >= 0.3 is 6.18 Å². The van der Waals surface area contributed by atoms with Crippen molar-refractivity contribution in [2.45, 2.75) is 42.6 Å². The maximum Gasteiger partial charge on any atom is 0.421 e. The highest BCUT2D eigenvalue weighted by Crippen LogP contribution is 2.47. The SMILES string of the molecule is [CH2]CC(C)(C)C(Cl)CC(Cl)(Cl)C(F)(F)F. The molecule has 0 spiro atoms. The van der Waals surface area contributed by atoms with Crippen LogP contribution >= 0.6 is 34.8 Å². The van der Waals surface area contributed by atoms with E-state index in [1.807, 2.05) is 0 Å². The molecule has 0 rings (SSSR count). The Hall–Kier alpha value is 0.660. The van der Waals surface area contributed by atoms with E-state index in [9.17, 15) is 13.2 Å². The first-order chi connectivity index (χ1) is 6.44. The molecule has 1 radical (unpaired) electrons. The molecule has 0 aliphatic heterocycles. The Labute approximate surface area is 103 Å². The summed E-state index contributed by atoms with van der Waals surface area (Å²) in [7, 11) is 0. The number of hydrogen-bond donors (Lipinski definition) is 0. The second-order valence-corrected chi connectivity index (χ2v) is 6.12. The number of alkyl halides is 6. The lowest BCUT2D eigenvalue weighted by atomic mass is 9.84. The standard InChI is InChI=1S/C9H13Cl3F3/c1-4-7(2,3)6(10)5-8(11,12)9(13,14)15/h6H,1,4-5H2,2-3H3. The van der Waals surface area contributed by atoms with Crippen LogP contribution in [0.4, 0.5) is 13.2 Å². The van der Waals surface area contributed by atoms with E-state index in [4.69, 9.17) is 34.8 Å². The van der Waals surface area contributed by atoms with Crippen LogP contribution < -0.4 is 0 Å². The quantitative estimate of drug-likeness (QED) is 0.639. The molecular weight excluding hydrogens is 271 g/mol. The van der Waals surface area contributed by atoms with Gasteiger partial charge in [-0.3, -0.25) is 0 Å². The summed E-state index contributed by atoms with van der Waals surface area (Å²) in [5.41, 5.74) is -0.540. The lowest BCUT2D eigenvalue weighted by molar-refractivity contribution is -0.143. The van der Waals surface area contributed by atoms with Crippen LogP contribution in [0.3, 0.4) is 0 Å². The summed E-state index contributed by atoms with van der Waals surface area (Å²) in [5.74, 6) is 0. The molecule has 0 fully saturated rings. The fourth-order valence-corrected chi connectivity index (χ4v) is 1.58. The van der Waals surface area contributed by atoms with Gasteiger partial charge in [-0.05, 0) is 11.8 Å². The lowest BCUT2D eigenvalue weighted by Gasteiger charge is -2.33. The minimum atomic E-state index is -4.68. The molecule has 0 aromatic carbocycles. The Kier molecular flexibility index (Phi) is 5.10. The normalized spacial score (nSPS) is 16.6. The lowest BCUT2D eigenvalue weighted by Crippen LogP contribution is -2.39. The molecule has 91 valence electrons. The summed E-state index contributed by atoms with van der Waals surface area (Å²) >= 11 is 16.3. The molecule has 1 unspecified atom stereocenters. The third-order valence-corrected chi connectivity index (χ3v) is 3.82. The average Bonchev–Trinajstić information content (AvgIpc) is 2.01. The topological polar surface area (TPSA) is 0 Å². The highest BCUT2D eigenvalue weighted by atomic mass is 35.5. The first kappa shape index (κ1) is 15.7. The van der Waals surface area contributed by atoms with Crippen molar-refractivity contribution >= 4 is 34.8 Å². The fraction of sp³-hybridized carbons (Fsp3) is 0.889. The van der Waals surface area contributed by atoms with E-state index in [1.165, 1.54) is 0 Å². The van der Waals surface area contributed by atoms with E-state index in [-0.39, 0.29) is 0 Å². The Morgan fingerprint density at radius 3 is 1.87 bits per heavy atom. The van der Waals surface area contributed by atoms with E-state index >= 15 is 0 Å². The van der Waals surface area contributed by atoms with Crippen molar-refractivity contribution < 1.29 is 13.2 Å². The monoisotopic (exact) mass is 283 g/mol. The van der Waals surface area contributed by atoms with Crippen LogP contribution in [0.2, 0.25) is 0 Å². The molecule has 0 heterocycles. The summed E-state index contributed by atoms with van der Waals surface area (Å²) in [5, 5.41) is -0.786. The van der Waals surface area contributed by atoms with Crippen molar-refractivity contribution in [1.82, 2.24) is 0 Å². The summed E-state index contributed by atoms with van der Waals surface area (Å²) in [6.07, 6.45) is -4.83. The summed E-state index contributed by atoms with van der Waals surface area (Å²) in [6.45, 7) is 7.06. The molecule has 0 bridgehead atoms. The van der Waals surface area contributed by atoms with Crippen LogP contribution in [0.25, 0.3) is 0 Å². The molecule has 15 heavy (non-hydrogen) atoms. The summed E-state index contributed by atoms with van der Waals surface area (Å²) in [4.78, 5) is 0. The Bertz CT molecular complexity index is 211. The molecular formula is C9H13Cl3F3. The molecule has 0 N–H and O–H groups in total. The van der Waals surface area contributed by atoms with Gasteiger partial charge in [-0.15, -0.1) is 11.6 Å². The van der Waals surface area contributed by atoms with Gasteiger partial charge < -0.3 is 0 Å². The van der Waals surface area contributed by atoms with Crippen LogP contribution in [0.1, 0.15) is 26.7 Å². The average molecular weight is 285 g/mol. The van der Waals surface area contributed by atoms with Gasteiger partial charge in [0, 0.05) is 11.8 Å². The van der Waals surface area contributed by atoms with Gasteiger partial charge in [-0.1, -0.05) is 44.0 Å². The number of rotatable bonds is 4. The number of halogens is 6. The van der Waals surface area contributed by atoms with E-state index in [2.05, 4.69) is 6.92 Å². The second kappa shape index (κ2) is 4.89. The number of hydrogen-bond acceptors (Lipinski definition) is 0. The third-order valence-electron chi connectivity index (χ3n) is 2.34. The van der Waals surface area contributed by atoms with Gasteiger partial charge in [0.25, 0.3) is 0 Å². The van der Waals surface area contributed by atoms with Gasteiger partial charge in [0.1, 0.15) is 0 Å². The molecule has 0 nitrogen and oxygen atoms in total. The summed E-state index contributed by atoms with van der Waals surface area (Å²) < 4.78 is 34.2. The zero-order chi connectivity index (χ0) is 12.5. The molecule has 0 aromatic heterocycles. The predicted molar refractivity (Wildman–Crippen MR) is 58.5 cm³/mol. The minimum Gasteiger partial charge on any atom is -0.168 e. The van der Waals surface area contributed by atoms with Crippen LogP contribution in [0, 0.1) is 12.3 Å². The van der Waals surface area contributed by atoms with E-state index < -0.39 is 27.7 Å². The van der Waals surface area contributed by atoms with Gasteiger partial charge in [0.2, 0.25) is 4.33 Å². The van der Waals surface area contributed by atoms with Gasteiger partial charge in [-0.25, -0.2) is 0 Å². The smallest absolute Gasteiger partial charge is 0.168 e. The molecule has 0 aliphatic rings. The Morgan fingerprint density at radius 2 is 1.60 bits per heavy atom. The highest BCUT2D eigenvalue weighted by Gasteiger charge is 2.54. The van der Waals surface area contributed by atoms with Gasteiger partial charge in [-0.2, -0.15) is 13.2 Å². The molecule has 0 aliphatic carbocycles. The van der Waals surface area contributed by atoms with Crippen LogP contribution in [-0.2, 0) is 0 Å². The maximum absolute atomic E-state index is 12.3. The van der Waals surface area contributed by atoms with Crippen molar-refractivity contribution in [1.29, 1.82) is 0 Å². The van der Waals surface area contributed by atoms with Crippen molar-refractivity contribution in [3.05, 3.63) is 6.92 Å². The van der Waals surface area contributed by atoms with Crippen LogP contribution in [0.5, 0.6) is 0 Å². The Balaban J connectivity index is 4.61. The zero-order valence-corrected chi connectivity index (χ0v) is 10.7. The highest BCUT2D eigenvalue weighted by molar-refractivity contribution is 6.49. The van der Waals surface area contributed by atoms with Crippen LogP contribution in [-0.4, -0.2) is 15.9 Å². The zero-order valence-electron chi connectivity index (χ0n) is 8.47. The maximum atomic E-state index is 12.3. The molecule has 0 aromatic rings. The largest absolute Gasteiger partial charge is 0.421 e. The second-order valence-electron chi connectivity index (χ2n) is 4.11. The van der Waals surface area contributed by atoms with E-state index in [0.717, 1.165) is 0 Å². The van der Waals surface area contributed by atoms with E-state index in [1.54, 1.807) is 13.8 Å². The molecule has 0 saturated heterocycles. The van der Waals surface area contributed by atoms with Crippen molar-refractivity contribution in [2.24, 2.45) is 5.41 Å². The third kappa shape index (κ3) is 4.20. The molecule has 6 heteroatoms. The summed E-state index contributed by atoms with van der Waals surface area (Å²) in [6, 6.07) is 0. The molecule has 0 amide bonds. The Morgan fingerprint density at radius 1 is 1.20 bits per heavy atom. The molecule has 0 saturated carbocycles. The fourth-order valence-electron chi connectivity index (χ4n) is 0.774. The minimum absolute atomic E-state index is 0.406. The van der Waals surface area contributed by atoms with Crippen molar-refractivity contribution in [3.8, 4) is 0 Å². The predicted octanol–water partition coefficient (Wildman–Crippen LogP) is 4.97. The van der Waals surface area contributed by atoms with Gasteiger partial charge in [0.15, 0.2) is 0 Å². The van der Waals surface area contributed by atoms with Crippen molar-refractivity contribution in [3.63, 3.8) is 0 Å².